The van der Waals surface area contributed by atoms with Crippen molar-refractivity contribution in [2.45, 2.75) is 13.3 Å². The summed E-state index contributed by atoms with van der Waals surface area (Å²) in [5.41, 5.74) is 0. The zero-order valence-electron chi connectivity index (χ0n) is 5.73. The van der Waals surface area contributed by atoms with Crippen molar-refractivity contribution >= 4 is 16.7 Å². The van der Waals surface area contributed by atoms with Gasteiger partial charge in [-0.1, -0.05) is 0 Å². The third kappa shape index (κ3) is 6.02. The van der Waals surface area contributed by atoms with Crippen LogP contribution in [0.5, 0.6) is 0 Å². The number of hydrogen-bond donors (Lipinski definition) is 0. The fourth-order valence-electron chi connectivity index (χ4n) is 0.348. The summed E-state index contributed by atoms with van der Waals surface area (Å²) >= 11 is 0. The zero-order chi connectivity index (χ0) is 6.57. The Kier molecular flexibility index (Phi) is 3.97. The second-order valence-electron chi connectivity index (χ2n) is 2.14. The van der Waals surface area contributed by atoms with E-state index < -0.39 is 0 Å². The molecule has 0 aromatic carbocycles. The Morgan fingerprint density at radius 3 is 2.12 bits per heavy atom. The molecule has 0 aliphatic carbocycles. The van der Waals surface area contributed by atoms with Gasteiger partial charge in [-0.15, -0.1) is 0 Å². The quantitative estimate of drug-likeness (QED) is 0.521. The maximum Gasteiger partial charge on any atom is 0.134 e. The highest BCUT2D eigenvalue weighted by molar-refractivity contribution is 7.95. The Hall–Kier alpha value is 0.0200. The second-order valence-corrected chi connectivity index (χ2v) is 4.52. The van der Waals surface area contributed by atoms with Crippen molar-refractivity contribution in [3.63, 3.8) is 0 Å². The molecule has 0 heterocycles. The Morgan fingerprint density at radius 1 is 1.50 bits per heavy atom. The first-order chi connectivity index (χ1) is 3.63. The van der Waals surface area contributed by atoms with Crippen LogP contribution in [0.1, 0.15) is 13.3 Å². The summed E-state index contributed by atoms with van der Waals surface area (Å²) in [7, 11) is 0.443. The highest BCUT2D eigenvalue weighted by Gasteiger charge is 2.02. The van der Waals surface area contributed by atoms with Gasteiger partial charge < -0.3 is 0 Å². The highest BCUT2D eigenvalue weighted by Crippen LogP contribution is 1.89. The van der Waals surface area contributed by atoms with Gasteiger partial charge in [0.1, 0.15) is 11.5 Å². The van der Waals surface area contributed by atoms with E-state index in [0.717, 1.165) is 12.2 Å². The van der Waals surface area contributed by atoms with Crippen molar-refractivity contribution in [2.75, 3.05) is 18.3 Å². The van der Waals surface area contributed by atoms with Crippen LogP contribution >= 0.6 is 0 Å². The largest absolute Gasteiger partial charge is 0.300 e. The molecule has 0 aliphatic heterocycles. The molecule has 0 aromatic heterocycles. The van der Waals surface area contributed by atoms with E-state index in [1.54, 1.807) is 6.92 Å². The zero-order valence-corrected chi connectivity index (χ0v) is 6.55. The lowest BCUT2D eigenvalue weighted by Gasteiger charge is -1.90. The van der Waals surface area contributed by atoms with Gasteiger partial charge in [-0.3, -0.25) is 4.79 Å². The summed E-state index contributed by atoms with van der Waals surface area (Å²) in [5, 5.41) is 0. The van der Waals surface area contributed by atoms with Crippen LogP contribution in [-0.4, -0.2) is 24.0 Å². The van der Waals surface area contributed by atoms with E-state index >= 15 is 0 Å². The van der Waals surface area contributed by atoms with Gasteiger partial charge in [0.25, 0.3) is 0 Å². The van der Waals surface area contributed by atoms with E-state index in [2.05, 4.69) is 12.5 Å². The SMILES string of the molecule is CC(=O)CC[S+](C)C. The molecule has 48 valence electrons. The number of carbonyl (C=O) groups excluding carboxylic acids is 1. The van der Waals surface area contributed by atoms with E-state index in [4.69, 9.17) is 0 Å². The van der Waals surface area contributed by atoms with Gasteiger partial charge in [0.15, 0.2) is 0 Å². The standard InChI is InChI=1S/C6H13OS/c1-6(7)4-5-8(2)3/h4-5H2,1-3H3/q+1. The van der Waals surface area contributed by atoms with Gasteiger partial charge in [0.2, 0.25) is 0 Å². The van der Waals surface area contributed by atoms with E-state index in [0.29, 0.717) is 16.7 Å². The number of Topliss-reactive ketones (excluding diaryl/α,β-unsaturated/α-hetero) is 1. The molecular weight excluding hydrogens is 120 g/mol. The van der Waals surface area contributed by atoms with Crippen molar-refractivity contribution in [3.05, 3.63) is 0 Å². The molecule has 0 aromatic rings. The van der Waals surface area contributed by atoms with Crippen molar-refractivity contribution in [3.8, 4) is 0 Å². The van der Waals surface area contributed by atoms with Gasteiger partial charge in [-0.2, -0.15) is 0 Å². The van der Waals surface area contributed by atoms with Crippen molar-refractivity contribution < 1.29 is 4.79 Å². The Labute approximate surface area is 53.8 Å². The van der Waals surface area contributed by atoms with E-state index in [9.17, 15) is 4.79 Å². The Bertz CT molecular complexity index is 78.6. The van der Waals surface area contributed by atoms with Crippen molar-refractivity contribution in [1.29, 1.82) is 0 Å². The molecule has 0 spiro atoms. The third-order valence-electron chi connectivity index (χ3n) is 0.862. The maximum absolute atomic E-state index is 10.4. The number of carbonyl (C=O) groups is 1. The molecule has 0 aliphatic rings. The van der Waals surface area contributed by atoms with Gasteiger partial charge in [0.05, 0.1) is 18.9 Å². The average Bonchev–Trinajstić information content (AvgIpc) is 1.61. The molecule has 0 saturated heterocycles. The summed E-state index contributed by atoms with van der Waals surface area (Å²) in [5.74, 6) is 1.38. The molecule has 0 atom stereocenters. The van der Waals surface area contributed by atoms with Crippen molar-refractivity contribution in [1.82, 2.24) is 0 Å². The molecule has 0 amide bonds. The number of rotatable bonds is 3. The lowest BCUT2D eigenvalue weighted by atomic mass is 10.4. The normalized spacial score (nSPS) is 10.0. The molecule has 8 heavy (non-hydrogen) atoms. The summed E-state index contributed by atoms with van der Waals surface area (Å²) in [4.78, 5) is 10.4. The van der Waals surface area contributed by atoms with Crippen LogP contribution in [0, 0.1) is 0 Å². The average molecular weight is 133 g/mol. The molecule has 0 bridgehead atoms. The van der Waals surface area contributed by atoms with Gasteiger partial charge in [0, 0.05) is 0 Å². The molecule has 0 radical (unpaired) electrons. The maximum atomic E-state index is 10.4. The fourth-order valence-corrected chi connectivity index (χ4v) is 1.04. The summed E-state index contributed by atoms with van der Waals surface area (Å²) in [6.07, 6.45) is 5.07. The Balaban J connectivity index is 3.05. The lowest BCUT2D eigenvalue weighted by Crippen LogP contribution is -2.05. The molecular formula is C6H13OS+. The molecule has 0 N–H and O–H groups in total. The first kappa shape index (κ1) is 8.02. The highest BCUT2D eigenvalue weighted by atomic mass is 32.2. The molecule has 1 nitrogen and oxygen atoms in total. The van der Waals surface area contributed by atoms with Crippen LogP contribution in [0.3, 0.4) is 0 Å². The summed E-state index contributed by atoms with van der Waals surface area (Å²) in [6, 6.07) is 0. The van der Waals surface area contributed by atoms with Crippen molar-refractivity contribution in [2.24, 2.45) is 0 Å². The number of ketones is 1. The summed E-state index contributed by atoms with van der Waals surface area (Å²) in [6.45, 7) is 1.65. The molecule has 0 rings (SSSR count). The third-order valence-corrected chi connectivity index (χ3v) is 1.88. The summed E-state index contributed by atoms with van der Waals surface area (Å²) < 4.78 is 0. The minimum atomic E-state index is 0.311. The predicted octanol–water partition coefficient (Wildman–Crippen LogP) is 0.843. The van der Waals surface area contributed by atoms with E-state index in [-0.39, 0.29) is 0 Å². The molecule has 0 fully saturated rings. The van der Waals surface area contributed by atoms with E-state index in [1.807, 2.05) is 0 Å². The van der Waals surface area contributed by atoms with Crippen LogP contribution in [-0.2, 0) is 15.7 Å². The van der Waals surface area contributed by atoms with Crippen LogP contribution in [0.15, 0.2) is 0 Å². The lowest BCUT2D eigenvalue weighted by molar-refractivity contribution is -0.116. The van der Waals surface area contributed by atoms with Crippen LogP contribution in [0.4, 0.5) is 0 Å². The minimum Gasteiger partial charge on any atom is -0.300 e. The van der Waals surface area contributed by atoms with E-state index in [1.165, 1.54) is 0 Å². The van der Waals surface area contributed by atoms with Gasteiger partial charge in [-0.05, 0) is 17.8 Å². The van der Waals surface area contributed by atoms with Gasteiger partial charge in [-0.25, -0.2) is 0 Å². The van der Waals surface area contributed by atoms with Crippen LogP contribution < -0.4 is 0 Å². The number of hydrogen-bond acceptors (Lipinski definition) is 1. The predicted molar refractivity (Wildman–Crippen MR) is 39.4 cm³/mol. The van der Waals surface area contributed by atoms with Crippen LogP contribution in [0.25, 0.3) is 0 Å². The smallest absolute Gasteiger partial charge is 0.134 e. The Morgan fingerprint density at radius 2 is 2.00 bits per heavy atom. The minimum absolute atomic E-state index is 0.311. The topological polar surface area (TPSA) is 17.1 Å². The second kappa shape index (κ2) is 3.96. The van der Waals surface area contributed by atoms with Gasteiger partial charge >= 0.3 is 0 Å². The fraction of sp³-hybridized carbons (Fsp3) is 0.833. The monoisotopic (exact) mass is 133 g/mol. The first-order valence-corrected chi connectivity index (χ1v) is 4.87. The first-order valence-electron chi connectivity index (χ1n) is 2.66. The molecule has 0 saturated carbocycles. The molecule has 0 unspecified atom stereocenters. The molecule has 2 heteroatoms. The van der Waals surface area contributed by atoms with Crippen LogP contribution in [0.2, 0.25) is 0 Å².